The van der Waals surface area contributed by atoms with Gasteiger partial charge < -0.3 is 0 Å². The minimum Gasteiger partial charge on any atom is -0.242 e. The SMILES string of the molecule is CC(C)c1cccc(CCNS(=O)C(C)(C)C)c1. The predicted molar refractivity (Wildman–Crippen MR) is 80.1 cm³/mol. The van der Waals surface area contributed by atoms with E-state index in [1.54, 1.807) is 0 Å². The highest BCUT2D eigenvalue weighted by atomic mass is 32.2. The molecular formula is C15H25NOS. The monoisotopic (exact) mass is 267 g/mol. The van der Waals surface area contributed by atoms with Crippen molar-refractivity contribution in [3.63, 3.8) is 0 Å². The van der Waals surface area contributed by atoms with E-state index in [2.05, 4.69) is 42.8 Å². The van der Waals surface area contributed by atoms with Gasteiger partial charge in [0.25, 0.3) is 0 Å². The van der Waals surface area contributed by atoms with Crippen molar-refractivity contribution in [2.45, 2.75) is 51.7 Å². The van der Waals surface area contributed by atoms with E-state index in [4.69, 9.17) is 0 Å². The van der Waals surface area contributed by atoms with Crippen molar-refractivity contribution in [1.29, 1.82) is 0 Å². The number of hydrogen-bond donors (Lipinski definition) is 1. The standard InChI is InChI=1S/C15H25NOS/c1-12(2)14-8-6-7-13(11-14)9-10-16-18(17)15(3,4)5/h6-8,11-12,16H,9-10H2,1-5H3. The first-order valence-electron chi connectivity index (χ1n) is 6.55. The van der Waals surface area contributed by atoms with Gasteiger partial charge in [-0.1, -0.05) is 38.1 Å². The second-order valence-corrected chi connectivity index (χ2v) is 7.98. The normalized spacial score (nSPS) is 13.9. The van der Waals surface area contributed by atoms with Crippen LogP contribution in [0.25, 0.3) is 0 Å². The van der Waals surface area contributed by atoms with Crippen LogP contribution in [0, 0.1) is 0 Å². The van der Waals surface area contributed by atoms with Crippen molar-refractivity contribution in [2.24, 2.45) is 0 Å². The van der Waals surface area contributed by atoms with Crippen molar-refractivity contribution in [3.8, 4) is 0 Å². The highest BCUT2D eigenvalue weighted by molar-refractivity contribution is 7.84. The molecule has 0 aliphatic heterocycles. The van der Waals surface area contributed by atoms with Crippen molar-refractivity contribution in [3.05, 3.63) is 35.4 Å². The van der Waals surface area contributed by atoms with Gasteiger partial charge in [0.05, 0.1) is 15.7 Å². The lowest BCUT2D eigenvalue weighted by Crippen LogP contribution is -2.34. The molecule has 0 aliphatic rings. The summed E-state index contributed by atoms with van der Waals surface area (Å²) in [7, 11) is -0.975. The fourth-order valence-electron chi connectivity index (χ4n) is 1.61. The van der Waals surface area contributed by atoms with Crippen LogP contribution in [0.1, 0.15) is 51.7 Å². The molecule has 0 aromatic heterocycles. The van der Waals surface area contributed by atoms with Gasteiger partial charge >= 0.3 is 0 Å². The highest BCUT2D eigenvalue weighted by Crippen LogP contribution is 2.16. The quantitative estimate of drug-likeness (QED) is 0.870. The van der Waals surface area contributed by atoms with Crippen LogP contribution < -0.4 is 4.72 Å². The van der Waals surface area contributed by atoms with Gasteiger partial charge in [0.1, 0.15) is 0 Å². The highest BCUT2D eigenvalue weighted by Gasteiger charge is 2.18. The van der Waals surface area contributed by atoms with E-state index in [-0.39, 0.29) is 4.75 Å². The lowest BCUT2D eigenvalue weighted by molar-refractivity contribution is 0.635. The zero-order valence-electron chi connectivity index (χ0n) is 12.1. The van der Waals surface area contributed by atoms with E-state index in [1.807, 2.05) is 20.8 Å². The summed E-state index contributed by atoms with van der Waals surface area (Å²) in [6, 6.07) is 8.64. The Labute approximate surface area is 114 Å². The summed E-state index contributed by atoms with van der Waals surface area (Å²) in [6.45, 7) is 11.1. The molecule has 1 aromatic carbocycles. The molecule has 1 rings (SSSR count). The first-order chi connectivity index (χ1) is 8.30. The topological polar surface area (TPSA) is 29.1 Å². The van der Waals surface area contributed by atoms with Crippen molar-refractivity contribution in [1.82, 2.24) is 4.72 Å². The summed E-state index contributed by atoms with van der Waals surface area (Å²) < 4.78 is 14.7. The third kappa shape index (κ3) is 4.91. The Balaban J connectivity index is 2.49. The molecule has 1 unspecified atom stereocenters. The minimum atomic E-state index is -0.975. The molecule has 0 fully saturated rings. The van der Waals surface area contributed by atoms with Gasteiger partial charge in [-0.15, -0.1) is 0 Å². The van der Waals surface area contributed by atoms with Gasteiger partial charge in [0.15, 0.2) is 0 Å². The number of benzene rings is 1. The lowest BCUT2D eigenvalue weighted by Gasteiger charge is -2.18. The van der Waals surface area contributed by atoms with Crippen LogP contribution in [-0.4, -0.2) is 15.5 Å². The van der Waals surface area contributed by atoms with E-state index in [1.165, 1.54) is 11.1 Å². The van der Waals surface area contributed by atoms with Crippen LogP contribution >= 0.6 is 0 Å². The number of nitrogens with one attached hydrogen (secondary N) is 1. The maximum atomic E-state index is 11.8. The van der Waals surface area contributed by atoms with Crippen molar-refractivity contribution >= 4 is 11.0 Å². The first-order valence-corrected chi connectivity index (χ1v) is 7.70. The van der Waals surface area contributed by atoms with Crippen LogP contribution in [0.4, 0.5) is 0 Å². The molecule has 0 saturated heterocycles. The second-order valence-electron chi connectivity index (χ2n) is 5.93. The molecule has 0 radical (unpaired) electrons. The number of rotatable bonds is 5. The maximum absolute atomic E-state index is 11.8. The second kappa shape index (κ2) is 6.48. The van der Waals surface area contributed by atoms with Crippen LogP contribution in [0.5, 0.6) is 0 Å². The summed E-state index contributed by atoms with van der Waals surface area (Å²) >= 11 is 0. The molecule has 0 saturated carbocycles. The molecular weight excluding hydrogens is 242 g/mol. The molecule has 2 nitrogen and oxygen atoms in total. The Hall–Kier alpha value is -0.670. The Kier molecular flexibility index (Phi) is 5.54. The summed E-state index contributed by atoms with van der Waals surface area (Å²) in [5.74, 6) is 0.557. The van der Waals surface area contributed by atoms with E-state index >= 15 is 0 Å². The van der Waals surface area contributed by atoms with Crippen LogP contribution in [0.15, 0.2) is 24.3 Å². The van der Waals surface area contributed by atoms with Gasteiger partial charge in [-0.25, -0.2) is 8.93 Å². The Morgan fingerprint density at radius 1 is 1.28 bits per heavy atom. The molecule has 1 aromatic rings. The van der Waals surface area contributed by atoms with Crippen molar-refractivity contribution in [2.75, 3.05) is 6.54 Å². The Morgan fingerprint density at radius 3 is 2.50 bits per heavy atom. The van der Waals surface area contributed by atoms with E-state index in [0.717, 1.165) is 13.0 Å². The van der Waals surface area contributed by atoms with E-state index in [9.17, 15) is 4.21 Å². The molecule has 3 heteroatoms. The van der Waals surface area contributed by atoms with Gasteiger partial charge in [-0.2, -0.15) is 0 Å². The molecule has 1 N–H and O–H groups in total. The molecule has 0 amide bonds. The number of hydrogen-bond acceptors (Lipinski definition) is 1. The lowest BCUT2D eigenvalue weighted by atomic mass is 10.00. The maximum Gasteiger partial charge on any atom is 0.0970 e. The van der Waals surface area contributed by atoms with Gasteiger partial charge in [-0.3, -0.25) is 0 Å². The fraction of sp³-hybridized carbons (Fsp3) is 0.600. The molecule has 0 aliphatic carbocycles. The molecule has 0 heterocycles. The minimum absolute atomic E-state index is 0.195. The zero-order valence-corrected chi connectivity index (χ0v) is 12.9. The summed E-state index contributed by atoms with van der Waals surface area (Å²) in [5, 5.41) is 0. The fourth-order valence-corrected chi connectivity index (χ4v) is 2.33. The zero-order chi connectivity index (χ0) is 13.8. The average molecular weight is 267 g/mol. The molecule has 18 heavy (non-hydrogen) atoms. The largest absolute Gasteiger partial charge is 0.242 e. The summed E-state index contributed by atoms with van der Waals surface area (Å²) in [6.07, 6.45) is 0.919. The Morgan fingerprint density at radius 2 is 1.94 bits per heavy atom. The third-order valence-electron chi connectivity index (χ3n) is 2.82. The molecule has 0 spiro atoms. The molecule has 0 bridgehead atoms. The van der Waals surface area contributed by atoms with Crippen LogP contribution in [-0.2, 0) is 17.4 Å². The van der Waals surface area contributed by atoms with Crippen molar-refractivity contribution < 1.29 is 4.21 Å². The van der Waals surface area contributed by atoms with Gasteiger partial charge in [0.2, 0.25) is 0 Å². The first kappa shape index (κ1) is 15.4. The summed E-state index contributed by atoms with van der Waals surface area (Å²) in [4.78, 5) is 0. The third-order valence-corrected chi connectivity index (χ3v) is 4.40. The molecule has 102 valence electrons. The van der Waals surface area contributed by atoms with Gasteiger partial charge in [0, 0.05) is 6.54 Å². The Bertz CT molecular complexity index is 407. The molecule has 1 atom stereocenters. The summed E-state index contributed by atoms with van der Waals surface area (Å²) in [5.41, 5.74) is 2.67. The van der Waals surface area contributed by atoms with Gasteiger partial charge in [-0.05, 0) is 44.2 Å². The predicted octanol–water partition coefficient (Wildman–Crippen LogP) is 3.40. The van der Waals surface area contributed by atoms with E-state index < -0.39 is 11.0 Å². The smallest absolute Gasteiger partial charge is 0.0970 e. The van der Waals surface area contributed by atoms with Crippen LogP contribution in [0.3, 0.4) is 0 Å². The van der Waals surface area contributed by atoms with Crippen LogP contribution in [0.2, 0.25) is 0 Å². The van der Waals surface area contributed by atoms with E-state index in [0.29, 0.717) is 5.92 Å². The average Bonchev–Trinajstić information content (AvgIpc) is 2.28.